The lowest BCUT2D eigenvalue weighted by Crippen LogP contribution is -2.49. The quantitative estimate of drug-likeness (QED) is 0.613. The maximum absolute atomic E-state index is 14.0. The first-order valence-electron chi connectivity index (χ1n) is 11.0. The SMILES string of the molecule is CN(C)CC(=O)N(C)[C@H](Cc1ccc(F)cc1)C1CCN(Cc2c(F)cccc2F)CC1. The number of nitrogens with zero attached hydrogens (tertiary/aromatic N) is 3. The first kappa shape index (κ1) is 24.3. The Morgan fingerprint density at radius 3 is 2.16 bits per heavy atom. The van der Waals surface area contributed by atoms with Crippen molar-refractivity contribution in [3.63, 3.8) is 0 Å². The third-order valence-corrected chi connectivity index (χ3v) is 6.32. The monoisotopic (exact) mass is 447 g/mol. The standard InChI is InChI=1S/C25H32F3N3O/c1-29(2)17-25(32)30(3)24(15-18-7-9-20(26)10-8-18)19-11-13-31(14-12-19)16-21-22(27)5-4-6-23(21)28/h4-10,19,24H,11-17H2,1-3H3/t24-/m1/s1. The Bertz CT molecular complexity index is 876. The highest BCUT2D eigenvalue weighted by Crippen LogP contribution is 2.28. The number of carbonyl (C=O) groups is 1. The van der Waals surface area contributed by atoms with E-state index in [1.54, 1.807) is 12.1 Å². The number of halogens is 3. The third-order valence-electron chi connectivity index (χ3n) is 6.32. The van der Waals surface area contributed by atoms with Crippen molar-refractivity contribution >= 4 is 5.91 Å². The predicted octanol–water partition coefficient (Wildman–Crippen LogP) is 3.95. The number of benzene rings is 2. The van der Waals surface area contributed by atoms with E-state index in [9.17, 15) is 18.0 Å². The van der Waals surface area contributed by atoms with Crippen molar-refractivity contribution in [2.75, 3.05) is 40.8 Å². The van der Waals surface area contributed by atoms with Gasteiger partial charge in [-0.15, -0.1) is 0 Å². The van der Waals surface area contributed by atoms with Crippen LogP contribution in [0.1, 0.15) is 24.0 Å². The van der Waals surface area contributed by atoms with Crippen LogP contribution in [0.15, 0.2) is 42.5 Å². The van der Waals surface area contributed by atoms with Gasteiger partial charge >= 0.3 is 0 Å². The number of likely N-dealkylation sites (N-methyl/N-ethyl adjacent to an activating group) is 2. The average Bonchev–Trinajstić information content (AvgIpc) is 2.75. The summed E-state index contributed by atoms with van der Waals surface area (Å²) in [6.45, 7) is 1.97. The van der Waals surface area contributed by atoms with Gasteiger partial charge in [-0.05, 0) is 82.2 Å². The fourth-order valence-electron chi connectivity index (χ4n) is 4.45. The minimum Gasteiger partial charge on any atom is -0.341 e. The minimum atomic E-state index is -0.518. The minimum absolute atomic E-state index is 0.0275. The fourth-order valence-corrected chi connectivity index (χ4v) is 4.45. The second-order valence-corrected chi connectivity index (χ2v) is 8.95. The molecule has 2 aromatic rings. The molecule has 0 aliphatic carbocycles. The Labute approximate surface area is 188 Å². The van der Waals surface area contributed by atoms with Crippen molar-refractivity contribution in [2.45, 2.75) is 31.8 Å². The summed E-state index contributed by atoms with van der Waals surface area (Å²) in [5.74, 6) is -1.03. The lowest BCUT2D eigenvalue weighted by atomic mass is 9.84. The summed E-state index contributed by atoms with van der Waals surface area (Å²) in [6, 6.07) is 10.3. The number of hydrogen-bond donors (Lipinski definition) is 0. The van der Waals surface area contributed by atoms with Crippen LogP contribution in [-0.4, -0.2) is 67.4 Å². The van der Waals surface area contributed by atoms with Crippen LogP contribution < -0.4 is 0 Å². The number of hydrogen-bond acceptors (Lipinski definition) is 3. The summed E-state index contributed by atoms with van der Waals surface area (Å²) in [7, 11) is 5.56. The zero-order chi connectivity index (χ0) is 23.3. The Morgan fingerprint density at radius 2 is 1.59 bits per heavy atom. The molecular weight excluding hydrogens is 415 g/mol. The Hall–Kier alpha value is -2.38. The summed E-state index contributed by atoms with van der Waals surface area (Å²) in [5, 5.41) is 0. The normalized spacial score (nSPS) is 16.3. The topological polar surface area (TPSA) is 26.8 Å². The van der Waals surface area contributed by atoms with E-state index < -0.39 is 11.6 Å². The number of piperidine rings is 1. The molecule has 0 N–H and O–H groups in total. The summed E-state index contributed by atoms with van der Waals surface area (Å²) in [5.41, 5.74) is 1.09. The van der Waals surface area contributed by atoms with Crippen LogP contribution in [0.4, 0.5) is 13.2 Å². The van der Waals surface area contributed by atoms with Crippen LogP contribution in [0.3, 0.4) is 0 Å². The van der Waals surface area contributed by atoms with Crippen LogP contribution in [0, 0.1) is 23.4 Å². The summed E-state index contributed by atoms with van der Waals surface area (Å²) < 4.78 is 41.4. The van der Waals surface area contributed by atoms with E-state index in [-0.39, 0.29) is 35.8 Å². The molecule has 1 amide bonds. The second kappa shape index (κ2) is 11.0. The van der Waals surface area contributed by atoms with Crippen LogP contribution in [0.25, 0.3) is 0 Å². The molecule has 7 heteroatoms. The molecule has 0 bridgehead atoms. The summed E-state index contributed by atoms with van der Waals surface area (Å²) in [4.78, 5) is 18.5. The molecule has 32 heavy (non-hydrogen) atoms. The molecule has 0 saturated carbocycles. The zero-order valence-electron chi connectivity index (χ0n) is 19.0. The molecule has 174 valence electrons. The molecule has 1 aliphatic heterocycles. The van der Waals surface area contributed by atoms with Crippen molar-refractivity contribution in [1.29, 1.82) is 0 Å². The molecule has 1 saturated heterocycles. The van der Waals surface area contributed by atoms with Crippen molar-refractivity contribution in [3.05, 3.63) is 71.0 Å². The van der Waals surface area contributed by atoms with Gasteiger partial charge in [0.2, 0.25) is 5.91 Å². The van der Waals surface area contributed by atoms with E-state index in [1.165, 1.54) is 30.3 Å². The first-order valence-corrected chi connectivity index (χ1v) is 11.0. The molecule has 2 aromatic carbocycles. The Kier molecular flexibility index (Phi) is 8.32. The van der Waals surface area contributed by atoms with Crippen molar-refractivity contribution in [2.24, 2.45) is 5.92 Å². The van der Waals surface area contributed by atoms with Gasteiger partial charge in [0.15, 0.2) is 0 Å². The van der Waals surface area contributed by atoms with E-state index in [2.05, 4.69) is 4.90 Å². The molecule has 1 fully saturated rings. The van der Waals surface area contributed by atoms with Gasteiger partial charge in [0, 0.05) is 25.2 Å². The Morgan fingerprint density at radius 1 is 1.00 bits per heavy atom. The van der Waals surface area contributed by atoms with Crippen molar-refractivity contribution in [3.8, 4) is 0 Å². The van der Waals surface area contributed by atoms with E-state index in [0.29, 0.717) is 26.1 Å². The molecular formula is C25H32F3N3O. The lowest BCUT2D eigenvalue weighted by Gasteiger charge is -2.40. The van der Waals surface area contributed by atoms with Gasteiger partial charge in [0.1, 0.15) is 17.5 Å². The molecule has 0 spiro atoms. The predicted molar refractivity (Wildman–Crippen MR) is 120 cm³/mol. The molecule has 1 atom stereocenters. The maximum atomic E-state index is 14.0. The molecule has 1 heterocycles. The van der Waals surface area contributed by atoms with Gasteiger partial charge in [-0.1, -0.05) is 18.2 Å². The lowest BCUT2D eigenvalue weighted by molar-refractivity contribution is -0.134. The van der Waals surface area contributed by atoms with Gasteiger partial charge in [0.05, 0.1) is 6.54 Å². The van der Waals surface area contributed by atoms with Gasteiger partial charge in [0.25, 0.3) is 0 Å². The average molecular weight is 448 g/mol. The smallest absolute Gasteiger partial charge is 0.236 e. The molecule has 0 radical (unpaired) electrons. The van der Waals surface area contributed by atoms with Crippen molar-refractivity contribution in [1.82, 2.24) is 14.7 Å². The largest absolute Gasteiger partial charge is 0.341 e. The first-order chi connectivity index (χ1) is 15.2. The van der Waals surface area contributed by atoms with Gasteiger partial charge in [-0.25, -0.2) is 13.2 Å². The van der Waals surface area contributed by atoms with E-state index in [0.717, 1.165) is 18.4 Å². The van der Waals surface area contributed by atoms with Crippen LogP contribution in [0.5, 0.6) is 0 Å². The maximum Gasteiger partial charge on any atom is 0.236 e. The molecule has 3 rings (SSSR count). The van der Waals surface area contributed by atoms with Gasteiger partial charge in [-0.2, -0.15) is 0 Å². The van der Waals surface area contributed by atoms with Crippen LogP contribution >= 0.6 is 0 Å². The highest BCUT2D eigenvalue weighted by Gasteiger charge is 2.32. The third kappa shape index (κ3) is 6.33. The molecule has 4 nitrogen and oxygen atoms in total. The van der Waals surface area contributed by atoms with E-state index >= 15 is 0 Å². The highest BCUT2D eigenvalue weighted by atomic mass is 19.1. The molecule has 0 aromatic heterocycles. The second-order valence-electron chi connectivity index (χ2n) is 8.95. The summed E-state index contributed by atoms with van der Waals surface area (Å²) >= 11 is 0. The molecule has 1 aliphatic rings. The van der Waals surface area contributed by atoms with Gasteiger partial charge < -0.3 is 9.80 Å². The van der Waals surface area contributed by atoms with Gasteiger partial charge in [-0.3, -0.25) is 9.69 Å². The number of rotatable bonds is 8. The van der Waals surface area contributed by atoms with E-state index in [1.807, 2.05) is 30.9 Å². The molecule has 0 unspecified atom stereocenters. The number of amides is 1. The van der Waals surface area contributed by atoms with E-state index in [4.69, 9.17) is 0 Å². The van der Waals surface area contributed by atoms with Crippen molar-refractivity contribution < 1.29 is 18.0 Å². The summed E-state index contributed by atoms with van der Waals surface area (Å²) in [6.07, 6.45) is 2.28. The van der Waals surface area contributed by atoms with Crippen LogP contribution in [-0.2, 0) is 17.8 Å². The fraction of sp³-hybridized carbons (Fsp3) is 0.480. The van der Waals surface area contributed by atoms with Crippen LogP contribution in [0.2, 0.25) is 0 Å². The Balaban J connectivity index is 1.69. The number of likely N-dealkylation sites (tertiary alicyclic amines) is 1. The number of carbonyl (C=O) groups excluding carboxylic acids is 1. The zero-order valence-corrected chi connectivity index (χ0v) is 19.0. The highest BCUT2D eigenvalue weighted by molar-refractivity contribution is 5.78.